The van der Waals surface area contributed by atoms with Crippen LogP contribution in [0, 0.1) is 0 Å². The molecule has 270 valence electrons. The van der Waals surface area contributed by atoms with Crippen molar-refractivity contribution in [3.8, 4) is 67.1 Å². The summed E-state index contributed by atoms with van der Waals surface area (Å²) in [7, 11) is 0. The second kappa shape index (κ2) is 13.0. The fourth-order valence-electron chi connectivity index (χ4n) is 9.18. The summed E-state index contributed by atoms with van der Waals surface area (Å²) in [5.74, 6) is 1.68. The van der Waals surface area contributed by atoms with Crippen LogP contribution in [0.5, 0.6) is 11.5 Å². The average molecular weight is 730 g/mol. The van der Waals surface area contributed by atoms with Gasteiger partial charge in [0.2, 0.25) is 0 Å². The van der Waals surface area contributed by atoms with E-state index in [1.165, 1.54) is 44.3 Å². The standard InChI is InChI=1S/C55H39NO/c1-55(2)49-21-12-11-20-45(49)46-31-29-43(35-50(46)55)56(42-27-24-38(25-28-42)36-14-5-3-6-15-36)51-22-13-23-52-54(51)48-33-41(37-16-7-4-8-17-37)26-30-44(48)47-32-39-18-9-10-19-40(39)34-53(47)57-52/h3-35H,1-2H3. The van der Waals surface area contributed by atoms with Gasteiger partial charge in [-0.25, -0.2) is 0 Å². The van der Waals surface area contributed by atoms with Gasteiger partial charge in [-0.2, -0.15) is 0 Å². The van der Waals surface area contributed by atoms with Crippen LogP contribution in [0.3, 0.4) is 0 Å². The first kappa shape index (κ1) is 33.2. The Balaban J connectivity index is 1.17. The van der Waals surface area contributed by atoms with E-state index < -0.39 is 0 Å². The van der Waals surface area contributed by atoms with Crippen LogP contribution in [0.2, 0.25) is 0 Å². The van der Waals surface area contributed by atoms with Crippen molar-refractivity contribution in [2.45, 2.75) is 19.3 Å². The van der Waals surface area contributed by atoms with E-state index in [0.29, 0.717) is 0 Å². The molecule has 9 aromatic rings. The molecule has 0 N–H and O–H groups in total. The summed E-state index contributed by atoms with van der Waals surface area (Å²) in [5, 5.41) is 2.34. The third-order valence-electron chi connectivity index (χ3n) is 12.1. The van der Waals surface area contributed by atoms with Crippen molar-refractivity contribution in [2.24, 2.45) is 0 Å². The van der Waals surface area contributed by atoms with Gasteiger partial charge >= 0.3 is 0 Å². The van der Waals surface area contributed by atoms with Gasteiger partial charge in [0.25, 0.3) is 0 Å². The summed E-state index contributed by atoms with van der Waals surface area (Å²) < 4.78 is 7.10. The average Bonchev–Trinajstić information content (AvgIpc) is 3.40. The van der Waals surface area contributed by atoms with Crippen LogP contribution in [0.25, 0.3) is 66.4 Å². The lowest BCUT2D eigenvalue weighted by Crippen LogP contribution is -2.17. The maximum absolute atomic E-state index is 7.10. The number of hydrogen-bond donors (Lipinski definition) is 0. The summed E-state index contributed by atoms with van der Waals surface area (Å²) in [4.78, 5) is 2.43. The normalized spacial score (nSPS) is 13.0. The van der Waals surface area contributed by atoms with Crippen molar-refractivity contribution in [1.82, 2.24) is 0 Å². The van der Waals surface area contributed by atoms with Gasteiger partial charge in [0.1, 0.15) is 11.5 Å². The van der Waals surface area contributed by atoms with Crippen molar-refractivity contribution in [1.29, 1.82) is 0 Å². The maximum Gasteiger partial charge on any atom is 0.137 e. The molecule has 2 nitrogen and oxygen atoms in total. The predicted octanol–water partition coefficient (Wildman–Crippen LogP) is 15.4. The highest BCUT2D eigenvalue weighted by atomic mass is 16.5. The molecule has 0 bridgehead atoms. The molecule has 0 amide bonds. The summed E-state index contributed by atoms with van der Waals surface area (Å²) in [6.45, 7) is 4.71. The number of benzene rings is 9. The van der Waals surface area contributed by atoms with Crippen molar-refractivity contribution in [3.63, 3.8) is 0 Å². The second-order valence-electron chi connectivity index (χ2n) is 15.7. The third kappa shape index (κ3) is 5.40. The summed E-state index contributed by atoms with van der Waals surface area (Å²) >= 11 is 0. The van der Waals surface area contributed by atoms with Gasteiger partial charge in [-0.15, -0.1) is 0 Å². The Labute approximate surface area is 333 Å². The topological polar surface area (TPSA) is 12.5 Å². The monoisotopic (exact) mass is 729 g/mol. The van der Waals surface area contributed by atoms with Crippen LogP contribution in [0.15, 0.2) is 200 Å². The first-order valence-electron chi connectivity index (χ1n) is 19.8. The van der Waals surface area contributed by atoms with Crippen LogP contribution in [-0.2, 0) is 5.41 Å². The molecule has 2 heteroatoms. The number of fused-ring (bicyclic) bond motifs is 9. The molecule has 2 aliphatic rings. The first-order chi connectivity index (χ1) is 28.0. The molecule has 1 aliphatic carbocycles. The molecule has 57 heavy (non-hydrogen) atoms. The van der Waals surface area contributed by atoms with E-state index in [4.69, 9.17) is 4.74 Å². The number of anilines is 3. The Hall–Kier alpha value is -7.16. The Morgan fingerprint density at radius 3 is 1.74 bits per heavy atom. The van der Waals surface area contributed by atoms with Crippen LogP contribution in [0.1, 0.15) is 25.0 Å². The van der Waals surface area contributed by atoms with E-state index in [1.807, 2.05) is 0 Å². The minimum atomic E-state index is -0.150. The molecule has 0 unspecified atom stereocenters. The Bertz CT molecular complexity index is 3000. The minimum absolute atomic E-state index is 0.150. The zero-order chi connectivity index (χ0) is 38.1. The number of hydrogen-bond acceptors (Lipinski definition) is 2. The fraction of sp³-hybridized carbons (Fsp3) is 0.0545. The highest BCUT2D eigenvalue weighted by molar-refractivity contribution is 6.03. The number of nitrogens with zero attached hydrogens (tertiary/aromatic N) is 1. The lowest BCUT2D eigenvalue weighted by Gasteiger charge is -2.30. The molecule has 0 aromatic heterocycles. The summed E-state index contributed by atoms with van der Waals surface area (Å²) in [5.41, 5.74) is 17.5. The minimum Gasteiger partial charge on any atom is -0.456 e. The molecule has 0 spiro atoms. The van der Waals surface area contributed by atoms with E-state index in [2.05, 4.69) is 219 Å². The SMILES string of the molecule is CC1(C)c2ccccc2-c2ccc(N(c3ccc(-c4ccccc4)cc3)c3cccc4c3-c3cc(-c5ccccc5)ccc3-c3cc5ccccc5cc3O4)cc21. The Morgan fingerprint density at radius 1 is 0.368 bits per heavy atom. The highest BCUT2D eigenvalue weighted by Crippen LogP contribution is 2.55. The van der Waals surface area contributed by atoms with Crippen LogP contribution in [-0.4, -0.2) is 0 Å². The quantitative estimate of drug-likeness (QED) is 0.175. The van der Waals surface area contributed by atoms with Gasteiger partial charge in [0.05, 0.1) is 5.69 Å². The predicted molar refractivity (Wildman–Crippen MR) is 238 cm³/mol. The molecular weight excluding hydrogens is 691 g/mol. The number of rotatable bonds is 5. The smallest absolute Gasteiger partial charge is 0.137 e. The lowest BCUT2D eigenvalue weighted by molar-refractivity contribution is 0.488. The van der Waals surface area contributed by atoms with Gasteiger partial charge < -0.3 is 9.64 Å². The number of ether oxygens (including phenoxy) is 1. The van der Waals surface area contributed by atoms with E-state index in [1.54, 1.807) is 0 Å². The molecule has 0 radical (unpaired) electrons. The van der Waals surface area contributed by atoms with E-state index in [-0.39, 0.29) is 5.41 Å². The molecule has 0 atom stereocenters. The van der Waals surface area contributed by atoms with Crippen LogP contribution in [0.4, 0.5) is 17.1 Å². The molecule has 0 saturated heterocycles. The molecule has 9 aromatic carbocycles. The molecule has 11 rings (SSSR count). The molecule has 0 saturated carbocycles. The largest absolute Gasteiger partial charge is 0.456 e. The Morgan fingerprint density at radius 2 is 0.965 bits per heavy atom. The molecular formula is C55H39NO. The van der Waals surface area contributed by atoms with Gasteiger partial charge in [-0.1, -0.05) is 159 Å². The lowest BCUT2D eigenvalue weighted by atomic mass is 9.82. The van der Waals surface area contributed by atoms with Crippen LogP contribution < -0.4 is 9.64 Å². The van der Waals surface area contributed by atoms with Crippen molar-refractivity contribution >= 4 is 27.8 Å². The van der Waals surface area contributed by atoms with E-state index in [0.717, 1.165) is 61.8 Å². The van der Waals surface area contributed by atoms with E-state index in [9.17, 15) is 0 Å². The Kier molecular flexibility index (Phi) is 7.55. The van der Waals surface area contributed by atoms with Gasteiger partial charge in [0, 0.05) is 27.9 Å². The zero-order valence-electron chi connectivity index (χ0n) is 31.9. The van der Waals surface area contributed by atoms with Crippen LogP contribution >= 0.6 is 0 Å². The molecule has 1 heterocycles. The van der Waals surface area contributed by atoms with Crippen molar-refractivity contribution < 1.29 is 4.74 Å². The molecule has 1 aliphatic heterocycles. The maximum atomic E-state index is 7.10. The van der Waals surface area contributed by atoms with Gasteiger partial charge in [-0.3, -0.25) is 0 Å². The second-order valence-corrected chi connectivity index (χ2v) is 15.7. The highest BCUT2D eigenvalue weighted by Gasteiger charge is 2.36. The molecule has 0 fully saturated rings. The summed E-state index contributed by atoms with van der Waals surface area (Å²) in [6, 6.07) is 72.6. The van der Waals surface area contributed by atoms with Gasteiger partial charge in [-0.05, 0) is 121 Å². The summed E-state index contributed by atoms with van der Waals surface area (Å²) in [6.07, 6.45) is 0. The third-order valence-corrected chi connectivity index (χ3v) is 12.1. The fourth-order valence-corrected chi connectivity index (χ4v) is 9.18. The van der Waals surface area contributed by atoms with E-state index >= 15 is 0 Å². The van der Waals surface area contributed by atoms with Crippen molar-refractivity contribution in [2.75, 3.05) is 4.90 Å². The zero-order valence-corrected chi connectivity index (χ0v) is 31.9. The van der Waals surface area contributed by atoms with Crippen molar-refractivity contribution in [3.05, 3.63) is 211 Å². The first-order valence-corrected chi connectivity index (χ1v) is 19.8. The van der Waals surface area contributed by atoms with Gasteiger partial charge in [0.15, 0.2) is 0 Å².